The van der Waals surface area contributed by atoms with Gasteiger partial charge in [-0.3, -0.25) is 4.79 Å². The van der Waals surface area contributed by atoms with Crippen LogP contribution in [0, 0.1) is 0 Å². The molecule has 3 aromatic carbocycles. The van der Waals surface area contributed by atoms with E-state index in [4.69, 9.17) is 4.74 Å². The van der Waals surface area contributed by atoms with Crippen LogP contribution in [0.3, 0.4) is 0 Å². The van der Waals surface area contributed by atoms with Gasteiger partial charge in [0.1, 0.15) is 5.75 Å². The lowest BCUT2D eigenvalue weighted by molar-refractivity contribution is -0.123. The van der Waals surface area contributed by atoms with E-state index in [-0.39, 0.29) is 18.6 Å². The summed E-state index contributed by atoms with van der Waals surface area (Å²) in [6.07, 6.45) is 0.829. The normalized spacial score (nSPS) is 11.9. The maximum Gasteiger partial charge on any atom is 0.258 e. The minimum atomic E-state index is -0.129. The molecule has 0 aromatic heterocycles. The largest absolute Gasteiger partial charge is 0.483 e. The van der Waals surface area contributed by atoms with E-state index < -0.39 is 0 Å². The summed E-state index contributed by atoms with van der Waals surface area (Å²) < 4.78 is 6.60. The van der Waals surface area contributed by atoms with Gasteiger partial charge in [-0.1, -0.05) is 67.6 Å². The minimum absolute atomic E-state index is 0.00246. The minimum Gasteiger partial charge on any atom is -0.483 e. The molecule has 4 heteroatoms. The molecule has 1 N–H and O–H groups in total. The van der Waals surface area contributed by atoms with Crippen molar-refractivity contribution in [2.75, 3.05) is 6.61 Å². The predicted octanol–water partition coefficient (Wildman–Crippen LogP) is 5.25. The molecule has 0 aliphatic heterocycles. The van der Waals surface area contributed by atoms with E-state index >= 15 is 0 Å². The van der Waals surface area contributed by atoms with Crippen LogP contribution < -0.4 is 10.1 Å². The molecular formula is C21H20BrNO2. The predicted molar refractivity (Wildman–Crippen MR) is 105 cm³/mol. The van der Waals surface area contributed by atoms with Crippen molar-refractivity contribution in [1.29, 1.82) is 0 Å². The third kappa shape index (κ3) is 4.20. The topological polar surface area (TPSA) is 38.3 Å². The molecule has 3 nitrogen and oxygen atoms in total. The van der Waals surface area contributed by atoms with Crippen LogP contribution in [-0.4, -0.2) is 12.5 Å². The SMILES string of the molecule is CC[C@@H](NC(=O)COc1ccc2ccccc2c1Br)c1ccccc1. The fourth-order valence-corrected chi connectivity index (χ4v) is 3.42. The zero-order valence-electron chi connectivity index (χ0n) is 14.0. The fourth-order valence-electron chi connectivity index (χ4n) is 2.81. The smallest absolute Gasteiger partial charge is 0.258 e. The quantitative estimate of drug-likeness (QED) is 0.616. The van der Waals surface area contributed by atoms with Crippen LogP contribution in [0.4, 0.5) is 0 Å². The molecule has 0 spiro atoms. The van der Waals surface area contributed by atoms with Gasteiger partial charge in [-0.15, -0.1) is 0 Å². The first kappa shape index (κ1) is 17.5. The Hall–Kier alpha value is -2.33. The lowest BCUT2D eigenvalue weighted by Gasteiger charge is -2.18. The van der Waals surface area contributed by atoms with Crippen LogP contribution in [0.2, 0.25) is 0 Å². The van der Waals surface area contributed by atoms with E-state index in [9.17, 15) is 4.79 Å². The number of nitrogens with one attached hydrogen (secondary N) is 1. The first-order chi connectivity index (χ1) is 12.2. The Bertz CT molecular complexity index is 864. The average Bonchev–Trinajstić information content (AvgIpc) is 2.66. The molecule has 0 fully saturated rings. The summed E-state index contributed by atoms with van der Waals surface area (Å²) in [7, 11) is 0. The number of amides is 1. The number of halogens is 1. The van der Waals surface area contributed by atoms with Crippen LogP contribution >= 0.6 is 15.9 Å². The Kier molecular flexibility index (Phi) is 5.71. The van der Waals surface area contributed by atoms with Crippen molar-refractivity contribution in [3.63, 3.8) is 0 Å². The number of fused-ring (bicyclic) bond motifs is 1. The van der Waals surface area contributed by atoms with E-state index in [2.05, 4.69) is 28.2 Å². The van der Waals surface area contributed by atoms with E-state index in [1.54, 1.807) is 0 Å². The van der Waals surface area contributed by atoms with Crippen molar-refractivity contribution in [3.8, 4) is 5.75 Å². The Labute approximate surface area is 156 Å². The summed E-state index contributed by atoms with van der Waals surface area (Å²) in [5.41, 5.74) is 1.10. The highest BCUT2D eigenvalue weighted by molar-refractivity contribution is 9.10. The second-order valence-corrected chi connectivity index (χ2v) is 6.62. The Morgan fingerprint density at radius 3 is 2.52 bits per heavy atom. The lowest BCUT2D eigenvalue weighted by Crippen LogP contribution is -2.32. The number of benzene rings is 3. The van der Waals surface area contributed by atoms with Crippen LogP contribution in [0.5, 0.6) is 5.75 Å². The van der Waals surface area contributed by atoms with Gasteiger partial charge in [-0.2, -0.15) is 0 Å². The first-order valence-corrected chi connectivity index (χ1v) is 9.12. The van der Waals surface area contributed by atoms with Crippen LogP contribution in [0.1, 0.15) is 24.9 Å². The summed E-state index contributed by atoms with van der Waals surface area (Å²) in [6, 6.07) is 21.9. The van der Waals surface area contributed by atoms with Crippen LogP contribution in [-0.2, 0) is 4.79 Å². The standard InChI is InChI=1S/C21H20BrNO2/c1-2-18(16-9-4-3-5-10-16)23-20(24)14-25-19-13-12-15-8-6-7-11-17(15)21(19)22/h3-13,18H,2,14H2,1H3,(H,23,24)/t18-/m1/s1. The van der Waals surface area contributed by atoms with Crippen molar-refractivity contribution in [2.45, 2.75) is 19.4 Å². The third-order valence-corrected chi connectivity index (χ3v) is 4.95. The van der Waals surface area contributed by atoms with Gasteiger partial charge in [-0.05, 0) is 44.8 Å². The molecule has 0 heterocycles. The number of hydrogen-bond donors (Lipinski definition) is 1. The van der Waals surface area contributed by atoms with Gasteiger partial charge >= 0.3 is 0 Å². The van der Waals surface area contributed by atoms with Crippen molar-refractivity contribution < 1.29 is 9.53 Å². The zero-order chi connectivity index (χ0) is 17.6. The number of carbonyl (C=O) groups is 1. The fraction of sp³-hybridized carbons (Fsp3) is 0.190. The lowest BCUT2D eigenvalue weighted by atomic mass is 10.0. The number of rotatable bonds is 6. The second kappa shape index (κ2) is 8.17. The molecule has 0 radical (unpaired) electrons. The summed E-state index contributed by atoms with van der Waals surface area (Å²) in [4.78, 5) is 12.3. The number of carbonyl (C=O) groups excluding carboxylic acids is 1. The molecule has 3 rings (SSSR count). The Morgan fingerprint density at radius 2 is 1.76 bits per heavy atom. The highest BCUT2D eigenvalue weighted by Crippen LogP contribution is 2.33. The van der Waals surface area contributed by atoms with E-state index in [0.717, 1.165) is 27.2 Å². The first-order valence-electron chi connectivity index (χ1n) is 8.33. The highest BCUT2D eigenvalue weighted by Gasteiger charge is 2.14. The molecule has 3 aromatic rings. The van der Waals surface area contributed by atoms with Gasteiger partial charge < -0.3 is 10.1 Å². The van der Waals surface area contributed by atoms with Crippen LogP contribution in [0.15, 0.2) is 71.2 Å². The number of hydrogen-bond acceptors (Lipinski definition) is 2. The molecule has 0 aliphatic rings. The highest BCUT2D eigenvalue weighted by atomic mass is 79.9. The average molecular weight is 398 g/mol. The molecule has 0 aliphatic carbocycles. The summed E-state index contributed by atoms with van der Waals surface area (Å²) in [5, 5.41) is 5.22. The van der Waals surface area contributed by atoms with Gasteiger partial charge in [-0.25, -0.2) is 0 Å². The Balaban J connectivity index is 1.65. The summed E-state index contributed by atoms with van der Waals surface area (Å²) in [6.45, 7) is 2.04. The van der Waals surface area contributed by atoms with Crippen molar-refractivity contribution in [1.82, 2.24) is 5.32 Å². The van der Waals surface area contributed by atoms with E-state index in [0.29, 0.717) is 5.75 Å². The second-order valence-electron chi connectivity index (χ2n) is 5.83. The summed E-state index contributed by atoms with van der Waals surface area (Å²) in [5.74, 6) is 0.539. The van der Waals surface area contributed by atoms with Gasteiger partial charge in [0, 0.05) is 0 Å². The van der Waals surface area contributed by atoms with Gasteiger partial charge in [0.05, 0.1) is 10.5 Å². The molecule has 0 bridgehead atoms. The molecule has 0 unspecified atom stereocenters. The maximum atomic E-state index is 12.3. The number of ether oxygens (including phenoxy) is 1. The molecule has 128 valence electrons. The summed E-state index contributed by atoms with van der Waals surface area (Å²) >= 11 is 3.58. The van der Waals surface area contributed by atoms with Gasteiger partial charge in [0.25, 0.3) is 5.91 Å². The van der Waals surface area contributed by atoms with Crippen molar-refractivity contribution >= 4 is 32.6 Å². The molecule has 1 atom stereocenters. The molecular weight excluding hydrogens is 378 g/mol. The monoisotopic (exact) mass is 397 g/mol. The van der Waals surface area contributed by atoms with Crippen LogP contribution in [0.25, 0.3) is 10.8 Å². The molecule has 25 heavy (non-hydrogen) atoms. The zero-order valence-corrected chi connectivity index (χ0v) is 15.6. The van der Waals surface area contributed by atoms with Gasteiger partial charge in [0.2, 0.25) is 0 Å². The maximum absolute atomic E-state index is 12.3. The third-order valence-electron chi connectivity index (χ3n) is 4.13. The van der Waals surface area contributed by atoms with E-state index in [1.807, 2.05) is 66.7 Å². The van der Waals surface area contributed by atoms with Gasteiger partial charge in [0.15, 0.2) is 6.61 Å². The molecule has 1 amide bonds. The van der Waals surface area contributed by atoms with Crippen molar-refractivity contribution in [2.24, 2.45) is 0 Å². The van der Waals surface area contributed by atoms with Crippen molar-refractivity contribution in [3.05, 3.63) is 76.8 Å². The Morgan fingerprint density at radius 1 is 1.04 bits per heavy atom. The van der Waals surface area contributed by atoms with E-state index in [1.165, 1.54) is 0 Å². The molecule has 0 saturated heterocycles. The molecule has 0 saturated carbocycles.